The molecule has 1 heterocycles. The molecule has 0 spiro atoms. The number of hydrogen-bond donors (Lipinski definition) is 2. The van der Waals surface area contributed by atoms with E-state index in [0.717, 1.165) is 0 Å². The van der Waals surface area contributed by atoms with Crippen molar-refractivity contribution in [3.8, 4) is 0 Å². The SMILES string of the molecule is CCNc1cc([N+](=O)[O-])cc(NC(C)(C)C2CC2)n1. The first-order valence-electron chi connectivity index (χ1n) is 6.61. The lowest BCUT2D eigenvalue weighted by Crippen LogP contribution is -2.33. The van der Waals surface area contributed by atoms with Gasteiger partial charge in [-0.2, -0.15) is 0 Å². The standard InChI is InChI=1S/C13H20N4O2/c1-4-14-11-7-10(17(18)19)8-12(15-11)16-13(2,3)9-5-6-9/h7-9H,4-6H2,1-3H3,(H2,14,15,16). The van der Waals surface area contributed by atoms with Gasteiger partial charge >= 0.3 is 0 Å². The van der Waals surface area contributed by atoms with Gasteiger partial charge in [0.05, 0.1) is 17.1 Å². The second kappa shape index (κ2) is 5.03. The molecule has 6 heteroatoms. The summed E-state index contributed by atoms with van der Waals surface area (Å²) in [5.74, 6) is 1.71. The molecule has 104 valence electrons. The molecule has 0 aliphatic heterocycles. The van der Waals surface area contributed by atoms with Crippen molar-refractivity contribution in [1.29, 1.82) is 0 Å². The normalized spacial score (nSPS) is 15.1. The van der Waals surface area contributed by atoms with Crippen molar-refractivity contribution >= 4 is 17.3 Å². The van der Waals surface area contributed by atoms with Crippen LogP contribution in [-0.4, -0.2) is 22.0 Å². The van der Waals surface area contributed by atoms with Crippen molar-refractivity contribution < 1.29 is 4.92 Å². The second-order valence-corrected chi connectivity index (χ2v) is 5.50. The zero-order valence-corrected chi connectivity index (χ0v) is 11.6. The van der Waals surface area contributed by atoms with Crippen LogP contribution in [0.1, 0.15) is 33.6 Å². The van der Waals surface area contributed by atoms with E-state index < -0.39 is 4.92 Å². The molecule has 19 heavy (non-hydrogen) atoms. The van der Waals surface area contributed by atoms with Crippen LogP contribution in [0.4, 0.5) is 17.3 Å². The Morgan fingerprint density at radius 3 is 2.58 bits per heavy atom. The fourth-order valence-electron chi connectivity index (χ4n) is 2.19. The highest BCUT2D eigenvalue weighted by Gasteiger charge is 2.38. The van der Waals surface area contributed by atoms with Crippen molar-refractivity contribution in [3.05, 3.63) is 22.2 Å². The van der Waals surface area contributed by atoms with Gasteiger partial charge in [0.15, 0.2) is 0 Å². The first-order chi connectivity index (χ1) is 8.92. The third kappa shape index (κ3) is 3.33. The minimum atomic E-state index is -0.391. The van der Waals surface area contributed by atoms with Crippen molar-refractivity contribution in [2.75, 3.05) is 17.2 Å². The Bertz CT molecular complexity index is 484. The number of pyridine rings is 1. The number of hydrogen-bond acceptors (Lipinski definition) is 5. The van der Waals surface area contributed by atoms with Crippen LogP contribution in [0, 0.1) is 16.0 Å². The number of aromatic nitrogens is 1. The number of nitro groups is 1. The van der Waals surface area contributed by atoms with E-state index in [1.807, 2.05) is 6.92 Å². The summed E-state index contributed by atoms with van der Waals surface area (Å²) >= 11 is 0. The van der Waals surface area contributed by atoms with Crippen LogP contribution in [0.25, 0.3) is 0 Å². The molecule has 1 aliphatic rings. The van der Waals surface area contributed by atoms with Crippen molar-refractivity contribution in [1.82, 2.24) is 4.98 Å². The first kappa shape index (κ1) is 13.6. The van der Waals surface area contributed by atoms with Gasteiger partial charge in [0.1, 0.15) is 11.6 Å². The minimum absolute atomic E-state index is 0.0556. The summed E-state index contributed by atoms with van der Waals surface area (Å²) in [7, 11) is 0. The molecule has 6 nitrogen and oxygen atoms in total. The second-order valence-electron chi connectivity index (χ2n) is 5.50. The van der Waals surface area contributed by atoms with E-state index in [1.54, 1.807) is 0 Å². The zero-order valence-electron chi connectivity index (χ0n) is 11.6. The van der Waals surface area contributed by atoms with Gasteiger partial charge in [0.2, 0.25) is 0 Å². The van der Waals surface area contributed by atoms with Gasteiger partial charge in [-0.25, -0.2) is 4.98 Å². The highest BCUT2D eigenvalue weighted by molar-refractivity contribution is 5.55. The summed E-state index contributed by atoms with van der Waals surface area (Å²) in [5.41, 5.74) is -0.0221. The Morgan fingerprint density at radius 1 is 1.42 bits per heavy atom. The fraction of sp³-hybridized carbons (Fsp3) is 0.615. The van der Waals surface area contributed by atoms with Crippen molar-refractivity contribution in [3.63, 3.8) is 0 Å². The predicted octanol–water partition coefficient (Wildman–Crippen LogP) is 3.02. The summed E-state index contributed by atoms with van der Waals surface area (Å²) in [6, 6.07) is 2.95. The monoisotopic (exact) mass is 264 g/mol. The molecule has 0 aromatic carbocycles. The number of rotatable bonds is 6. The third-order valence-electron chi connectivity index (χ3n) is 3.43. The van der Waals surface area contributed by atoms with Crippen molar-refractivity contribution in [2.24, 2.45) is 5.92 Å². The van der Waals surface area contributed by atoms with Crippen LogP contribution in [0.15, 0.2) is 12.1 Å². The van der Waals surface area contributed by atoms with Crippen LogP contribution in [-0.2, 0) is 0 Å². The molecule has 0 saturated heterocycles. The quantitative estimate of drug-likeness (QED) is 0.609. The molecule has 0 atom stereocenters. The van der Waals surface area contributed by atoms with Crippen LogP contribution >= 0.6 is 0 Å². The van der Waals surface area contributed by atoms with Gasteiger partial charge in [-0.15, -0.1) is 0 Å². The predicted molar refractivity (Wildman–Crippen MR) is 75.5 cm³/mol. The summed E-state index contributed by atoms with van der Waals surface area (Å²) in [4.78, 5) is 14.9. The molecule has 1 saturated carbocycles. The number of nitrogens with zero attached hydrogens (tertiary/aromatic N) is 2. The molecule has 0 amide bonds. The van der Waals surface area contributed by atoms with E-state index in [4.69, 9.17) is 0 Å². The summed E-state index contributed by atoms with van der Waals surface area (Å²) in [6.45, 7) is 6.83. The van der Waals surface area contributed by atoms with Gasteiger partial charge in [-0.1, -0.05) is 0 Å². The summed E-state index contributed by atoms with van der Waals surface area (Å²) in [5, 5.41) is 17.3. The van der Waals surface area contributed by atoms with Gasteiger partial charge < -0.3 is 10.6 Å². The summed E-state index contributed by atoms with van der Waals surface area (Å²) < 4.78 is 0. The van der Waals surface area contributed by atoms with E-state index in [-0.39, 0.29) is 11.2 Å². The molecule has 1 aliphatic carbocycles. The Balaban J connectivity index is 2.25. The molecule has 0 radical (unpaired) electrons. The molecule has 2 rings (SSSR count). The Morgan fingerprint density at radius 2 is 2.05 bits per heavy atom. The van der Waals surface area contributed by atoms with Crippen LogP contribution in [0.3, 0.4) is 0 Å². The molecular weight excluding hydrogens is 244 g/mol. The number of nitrogens with one attached hydrogen (secondary N) is 2. The molecule has 0 unspecified atom stereocenters. The maximum absolute atomic E-state index is 10.9. The van der Waals surface area contributed by atoms with Crippen LogP contribution in [0.5, 0.6) is 0 Å². The largest absolute Gasteiger partial charge is 0.370 e. The minimum Gasteiger partial charge on any atom is -0.370 e. The maximum Gasteiger partial charge on any atom is 0.276 e. The van der Waals surface area contributed by atoms with Crippen LogP contribution in [0.2, 0.25) is 0 Å². The Labute approximate surface area is 112 Å². The lowest BCUT2D eigenvalue weighted by Gasteiger charge is -2.27. The fourth-order valence-corrected chi connectivity index (χ4v) is 2.19. The van der Waals surface area contributed by atoms with Crippen molar-refractivity contribution in [2.45, 2.75) is 39.2 Å². The Kier molecular flexibility index (Phi) is 3.59. The molecule has 1 fully saturated rings. The van der Waals surface area contributed by atoms with E-state index >= 15 is 0 Å². The molecule has 0 bridgehead atoms. The van der Waals surface area contributed by atoms with Crippen LogP contribution < -0.4 is 10.6 Å². The first-order valence-corrected chi connectivity index (χ1v) is 6.61. The van der Waals surface area contributed by atoms with Gasteiger partial charge in [0, 0.05) is 12.1 Å². The molecule has 1 aromatic heterocycles. The smallest absolute Gasteiger partial charge is 0.276 e. The van der Waals surface area contributed by atoms with Gasteiger partial charge in [-0.3, -0.25) is 10.1 Å². The highest BCUT2D eigenvalue weighted by Crippen LogP contribution is 2.41. The maximum atomic E-state index is 10.9. The molecule has 2 N–H and O–H groups in total. The van der Waals surface area contributed by atoms with Gasteiger partial charge in [-0.05, 0) is 39.5 Å². The third-order valence-corrected chi connectivity index (χ3v) is 3.43. The lowest BCUT2D eigenvalue weighted by atomic mass is 9.99. The lowest BCUT2D eigenvalue weighted by molar-refractivity contribution is -0.384. The zero-order chi connectivity index (χ0) is 14.0. The highest BCUT2D eigenvalue weighted by atomic mass is 16.6. The molecule has 1 aromatic rings. The topological polar surface area (TPSA) is 80.1 Å². The number of anilines is 2. The average molecular weight is 264 g/mol. The van der Waals surface area contributed by atoms with E-state index in [2.05, 4.69) is 29.5 Å². The molecular formula is C13H20N4O2. The van der Waals surface area contributed by atoms with E-state index in [9.17, 15) is 10.1 Å². The Hall–Kier alpha value is -1.85. The summed E-state index contributed by atoms with van der Waals surface area (Å²) in [6.07, 6.45) is 2.41. The van der Waals surface area contributed by atoms with Gasteiger partial charge in [0.25, 0.3) is 5.69 Å². The van der Waals surface area contributed by atoms with E-state index in [1.165, 1.54) is 25.0 Å². The average Bonchev–Trinajstić information content (AvgIpc) is 3.12. The van der Waals surface area contributed by atoms with E-state index in [0.29, 0.717) is 24.1 Å².